The number of rotatable bonds is 10. The Balaban J connectivity index is 1.42. The van der Waals surface area contributed by atoms with Crippen LogP contribution in [0.2, 0.25) is 0 Å². The molecular formula is C43H50N2O2. The fraction of sp³-hybridized carbons (Fsp3) is 0.395. The molecule has 4 heteroatoms. The second-order valence-electron chi connectivity index (χ2n) is 14.7. The Labute approximate surface area is 282 Å². The summed E-state index contributed by atoms with van der Waals surface area (Å²) >= 11 is 0. The Bertz CT molecular complexity index is 1510. The summed E-state index contributed by atoms with van der Waals surface area (Å²) in [6.45, 7) is 17.6. The molecule has 2 aliphatic rings. The van der Waals surface area contributed by atoms with Gasteiger partial charge < -0.3 is 9.47 Å². The summed E-state index contributed by atoms with van der Waals surface area (Å²) in [4.78, 5) is 10.8. The van der Waals surface area contributed by atoms with Gasteiger partial charge in [-0.15, -0.1) is 0 Å². The number of benzene rings is 4. The van der Waals surface area contributed by atoms with Gasteiger partial charge in [-0.25, -0.2) is 9.98 Å². The predicted molar refractivity (Wildman–Crippen MR) is 194 cm³/mol. The van der Waals surface area contributed by atoms with Crippen LogP contribution in [-0.4, -0.2) is 23.9 Å². The number of aliphatic imine (C=N–C) groups is 2. The monoisotopic (exact) mass is 626 g/mol. The fourth-order valence-corrected chi connectivity index (χ4v) is 7.26. The zero-order chi connectivity index (χ0) is 33.3. The molecule has 0 bridgehead atoms. The van der Waals surface area contributed by atoms with Crippen molar-refractivity contribution in [2.75, 3.05) is 0 Å². The number of nitrogens with zero attached hydrogens (tertiary/aromatic N) is 2. The van der Waals surface area contributed by atoms with E-state index < -0.39 is 11.2 Å². The summed E-state index contributed by atoms with van der Waals surface area (Å²) in [5.74, 6) is 2.24. The second-order valence-corrected chi connectivity index (χ2v) is 14.7. The first-order valence-corrected chi connectivity index (χ1v) is 17.3. The molecule has 2 aliphatic heterocycles. The van der Waals surface area contributed by atoms with Crippen LogP contribution in [-0.2, 0) is 20.7 Å². The standard InChI is InChI=1S/C43H50N2O2/c1-28(2)25-38-42(34-17-9-30(5)10-18-34,35-19-11-31(6)12-20-35)46-40(44-38)27-41-45-39(26-29(3)4)43(47-41,36-21-13-32(7)14-22-36)37-23-15-33(8)16-24-37/h9-24,28-29,38-39H,25-27H2,1-8H3/t38-,39-/m1/s1. The lowest BCUT2D eigenvalue weighted by molar-refractivity contribution is 0.0801. The van der Waals surface area contributed by atoms with Gasteiger partial charge in [0.2, 0.25) is 0 Å². The summed E-state index contributed by atoms with van der Waals surface area (Å²) < 4.78 is 14.4. The van der Waals surface area contributed by atoms with Crippen LogP contribution in [0.3, 0.4) is 0 Å². The van der Waals surface area contributed by atoms with Crippen LogP contribution >= 0.6 is 0 Å². The average molecular weight is 627 g/mol. The van der Waals surface area contributed by atoms with Gasteiger partial charge in [-0.05, 0) is 52.4 Å². The molecule has 0 unspecified atom stereocenters. The van der Waals surface area contributed by atoms with E-state index in [-0.39, 0.29) is 12.1 Å². The van der Waals surface area contributed by atoms with Crippen LogP contribution in [0.1, 0.15) is 91.5 Å². The van der Waals surface area contributed by atoms with E-state index in [1.165, 1.54) is 22.3 Å². The van der Waals surface area contributed by atoms with Crippen molar-refractivity contribution in [2.45, 2.75) is 97.9 Å². The third-order valence-corrected chi connectivity index (χ3v) is 9.71. The molecule has 0 amide bonds. The van der Waals surface area contributed by atoms with Crippen LogP contribution in [0.5, 0.6) is 0 Å². The Kier molecular flexibility index (Phi) is 9.16. The average Bonchev–Trinajstić information content (AvgIpc) is 3.56. The van der Waals surface area contributed by atoms with Crippen molar-refractivity contribution in [2.24, 2.45) is 21.8 Å². The van der Waals surface area contributed by atoms with Gasteiger partial charge in [-0.1, -0.05) is 147 Å². The number of hydrogen-bond donors (Lipinski definition) is 0. The second kappa shape index (κ2) is 13.1. The molecular weight excluding hydrogens is 576 g/mol. The van der Waals surface area contributed by atoms with Crippen LogP contribution in [0, 0.1) is 39.5 Å². The van der Waals surface area contributed by atoms with E-state index >= 15 is 0 Å². The Morgan fingerprint density at radius 3 is 0.957 bits per heavy atom. The highest BCUT2D eigenvalue weighted by Crippen LogP contribution is 2.48. The van der Waals surface area contributed by atoms with Gasteiger partial charge in [0.1, 0.15) is 12.1 Å². The minimum Gasteiger partial charge on any atom is -0.462 e. The molecule has 6 rings (SSSR count). The van der Waals surface area contributed by atoms with Gasteiger partial charge in [-0.2, -0.15) is 0 Å². The topological polar surface area (TPSA) is 43.2 Å². The van der Waals surface area contributed by atoms with Gasteiger partial charge in [0, 0.05) is 22.3 Å². The summed E-state index contributed by atoms with van der Waals surface area (Å²) in [7, 11) is 0. The molecule has 2 heterocycles. The van der Waals surface area contributed by atoms with E-state index in [1.54, 1.807) is 0 Å². The molecule has 0 aliphatic carbocycles. The molecule has 0 saturated carbocycles. The summed E-state index contributed by atoms with van der Waals surface area (Å²) in [6, 6.07) is 34.9. The maximum Gasteiger partial charge on any atom is 0.194 e. The van der Waals surface area contributed by atoms with Crippen molar-refractivity contribution < 1.29 is 9.47 Å². The van der Waals surface area contributed by atoms with E-state index in [4.69, 9.17) is 19.5 Å². The highest BCUT2D eigenvalue weighted by Gasteiger charge is 2.53. The molecule has 0 saturated heterocycles. The summed E-state index contributed by atoms with van der Waals surface area (Å²) in [5, 5.41) is 0. The van der Waals surface area contributed by atoms with E-state index in [0.29, 0.717) is 30.1 Å². The zero-order valence-electron chi connectivity index (χ0n) is 29.4. The van der Waals surface area contributed by atoms with Crippen molar-refractivity contribution in [3.63, 3.8) is 0 Å². The van der Waals surface area contributed by atoms with Crippen molar-refractivity contribution in [1.82, 2.24) is 0 Å². The smallest absolute Gasteiger partial charge is 0.194 e. The third-order valence-electron chi connectivity index (χ3n) is 9.71. The van der Waals surface area contributed by atoms with Gasteiger partial charge in [0.25, 0.3) is 0 Å². The normalized spacial score (nSPS) is 19.8. The fourth-order valence-electron chi connectivity index (χ4n) is 7.26. The molecule has 4 aromatic carbocycles. The number of aryl methyl sites for hydroxylation is 4. The molecule has 244 valence electrons. The first kappa shape index (κ1) is 32.7. The lowest BCUT2D eigenvalue weighted by atomic mass is 9.77. The highest BCUT2D eigenvalue weighted by molar-refractivity contribution is 5.99. The van der Waals surface area contributed by atoms with Crippen molar-refractivity contribution in [3.05, 3.63) is 142 Å². The maximum absolute atomic E-state index is 7.19. The van der Waals surface area contributed by atoms with Crippen LogP contribution in [0.25, 0.3) is 0 Å². The van der Waals surface area contributed by atoms with Crippen LogP contribution < -0.4 is 0 Å². The Morgan fingerprint density at radius 2 is 0.723 bits per heavy atom. The molecule has 4 aromatic rings. The zero-order valence-corrected chi connectivity index (χ0v) is 29.4. The molecule has 47 heavy (non-hydrogen) atoms. The van der Waals surface area contributed by atoms with Gasteiger partial charge in [0.05, 0.1) is 6.42 Å². The minimum absolute atomic E-state index is 0.0877. The molecule has 0 fully saturated rings. The van der Waals surface area contributed by atoms with E-state index in [1.807, 2.05) is 0 Å². The van der Waals surface area contributed by atoms with Crippen LogP contribution in [0.4, 0.5) is 0 Å². The first-order valence-electron chi connectivity index (χ1n) is 17.3. The molecule has 0 radical (unpaired) electrons. The van der Waals surface area contributed by atoms with E-state index in [0.717, 1.165) is 35.1 Å². The summed E-state index contributed by atoms with van der Waals surface area (Å²) in [5.41, 5.74) is 7.91. The number of ether oxygens (including phenoxy) is 2. The van der Waals surface area contributed by atoms with Crippen LogP contribution in [0.15, 0.2) is 107 Å². The molecule has 0 spiro atoms. The predicted octanol–water partition coefficient (Wildman–Crippen LogP) is 10.2. The van der Waals surface area contributed by atoms with E-state index in [2.05, 4.69) is 152 Å². The third kappa shape index (κ3) is 6.40. The Morgan fingerprint density at radius 1 is 0.468 bits per heavy atom. The summed E-state index contributed by atoms with van der Waals surface area (Å²) in [6.07, 6.45) is 2.19. The SMILES string of the molecule is Cc1ccc(C2(c3ccc(C)cc3)OC(CC3=N[C@H](CC(C)C)C(c4ccc(C)cc4)(c4ccc(C)cc4)O3)=N[C@@H]2CC(C)C)cc1. The van der Waals surface area contributed by atoms with Crippen molar-refractivity contribution in [1.29, 1.82) is 0 Å². The first-order chi connectivity index (χ1) is 22.5. The quantitative estimate of drug-likeness (QED) is 0.176. The maximum atomic E-state index is 7.19. The highest BCUT2D eigenvalue weighted by atomic mass is 16.5. The molecule has 0 aromatic heterocycles. The largest absolute Gasteiger partial charge is 0.462 e. The van der Waals surface area contributed by atoms with E-state index in [9.17, 15) is 0 Å². The molecule has 4 nitrogen and oxygen atoms in total. The van der Waals surface area contributed by atoms with Gasteiger partial charge >= 0.3 is 0 Å². The van der Waals surface area contributed by atoms with Gasteiger partial charge in [0.15, 0.2) is 23.0 Å². The Hall–Kier alpha value is -4.18. The lowest BCUT2D eigenvalue weighted by Crippen LogP contribution is -2.40. The minimum atomic E-state index is -0.734. The molecule has 2 atom stereocenters. The number of hydrogen-bond acceptors (Lipinski definition) is 4. The van der Waals surface area contributed by atoms with Crippen molar-refractivity contribution >= 4 is 11.8 Å². The molecule has 0 N–H and O–H groups in total. The van der Waals surface area contributed by atoms with Crippen molar-refractivity contribution in [3.8, 4) is 0 Å². The van der Waals surface area contributed by atoms with Gasteiger partial charge in [-0.3, -0.25) is 0 Å². The lowest BCUT2D eigenvalue weighted by Gasteiger charge is -2.36.